The molecule has 0 aliphatic carbocycles. The highest BCUT2D eigenvalue weighted by Crippen LogP contribution is 2.21. The Morgan fingerprint density at radius 1 is 1.47 bits per heavy atom. The molecule has 1 N–H and O–H groups in total. The summed E-state index contributed by atoms with van der Waals surface area (Å²) in [7, 11) is 0. The van der Waals surface area contributed by atoms with E-state index in [1.165, 1.54) is 6.42 Å². The first-order chi connectivity index (χ1) is 8.15. The van der Waals surface area contributed by atoms with Gasteiger partial charge < -0.3 is 5.32 Å². The topological polar surface area (TPSA) is 81.1 Å². The van der Waals surface area contributed by atoms with Crippen molar-refractivity contribution < 1.29 is 4.79 Å². The van der Waals surface area contributed by atoms with Crippen molar-refractivity contribution in [1.29, 1.82) is 0 Å². The van der Waals surface area contributed by atoms with Gasteiger partial charge in [0.15, 0.2) is 0 Å². The van der Waals surface area contributed by atoms with Gasteiger partial charge in [-0.05, 0) is 32.2 Å². The number of amides is 1. The molecule has 1 saturated heterocycles. The maximum Gasteiger partial charge on any atom is 0.234 e. The molecule has 0 saturated carbocycles. The molecule has 1 rings (SSSR count). The summed E-state index contributed by atoms with van der Waals surface area (Å²) in [6.45, 7) is 5.51. The molecule has 6 heteroatoms. The van der Waals surface area contributed by atoms with E-state index < -0.39 is 0 Å². The minimum absolute atomic E-state index is 0.0127. The maximum atomic E-state index is 11.7. The Morgan fingerprint density at radius 3 is 2.71 bits per heavy atom. The lowest BCUT2D eigenvalue weighted by Gasteiger charge is -2.38. The van der Waals surface area contributed by atoms with Crippen molar-refractivity contribution in [3.8, 4) is 0 Å². The van der Waals surface area contributed by atoms with Crippen molar-refractivity contribution in [2.75, 3.05) is 19.6 Å². The standard InChI is InChI=1S/C11H21N5O/c1-9-4-3-5-10(2)16(9)8-11(17)13-6-7-14-15-12/h9-10H,3-8H2,1-2H3,(H,13,17). The van der Waals surface area contributed by atoms with Crippen LogP contribution in [0, 0.1) is 0 Å². The van der Waals surface area contributed by atoms with Gasteiger partial charge in [0.05, 0.1) is 6.54 Å². The number of nitrogens with zero attached hydrogens (tertiary/aromatic N) is 4. The Hall–Kier alpha value is -1.26. The lowest BCUT2D eigenvalue weighted by molar-refractivity contribution is -0.123. The number of likely N-dealkylation sites (tertiary alicyclic amines) is 1. The first-order valence-corrected chi connectivity index (χ1v) is 6.18. The van der Waals surface area contributed by atoms with E-state index in [-0.39, 0.29) is 5.91 Å². The van der Waals surface area contributed by atoms with Crippen molar-refractivity contribution in [3.63, 3.8) is 0 Å². The van der Waals surface area contributed by atoms with Crippen LogP contribution in [0.2, 0.25) is 0 Å². The molecule has 0 bridgehead atoms. The van der Waals surface area contributed by atoms with Crippen LogP contribution in [0.5, 0.6) is 0 Å². The fraction of sp³-hybridized carbons (Fsp3) is 0.909. The molecule has 1 fully saturated rings. The number of rotatable bonds is 5. The Kier molecular flexibility index (Phi) is 5.80. The second kappa shape index (κ2) is 7.14. The molecule has 0 aromatic heterocycles. The molecule has 6 nitrogen and oxygen atoms in total. The van der Waals surface area contributed by atoms with Gasteiger partial charge in [0.25, 0.3) is 0 Å². The zero-order valence-electron chi connectivity index (χ0n) is 10.6. The largest absolute Gasteiger partial charge is 0.355 e. The van der Waals surface area contributed by atoms with E-state index in [0.717, 1.165) is 12.8 Å². The third kappa shape index (κ3) is 4.63. The van der Waals surface area contributed by atoms with Crippen molar-refractivity contribution in [3.05, 3.63) is 10.4 Å². The number of nitrogens with one attached hydrogen (secondary N) is 1. The van der Waals surface area contributed by atoms with E-state index in [1.54, 1.807) is 0 Å². The quantitative estimate of drug-likeness (QED) is 0.343. The van der Waals surface area contributed by atoms with Gasteiger partial charge in [0, 0.05) is 30.1 Å². The van der Waals surface area contributed by atoms with Gasteiger partial charge in [-0.1, -0.05) is 11.5 Å². The van der Waals surface area contributed by atoms with E-state index >= 15 is 0 Å². The van der Waals surface area contributed by atoms with Crippen molar-refractivity contribution >= 4 is 5.91 Å². The second-order valence-electron chi connectivity index (χ2n) is 4.61. The zero-order chi connectivity index (χ0) is 12.7. The molecule has 1 aliphatic heterocycles. The molecule has 1 heterocycles. The summed E-state index contributed by atoms with van der Waals surface area (Å²) in [6.07, 6.45) is 3.57. The highest BCUT2D eigenvalue weighted by atomic mass is 16.2. The molecular weight excluding hydrogens is 218 g/mol. The lowest BCUT2D eigenvalue weighted by Crippen LogP contribution is -2.48. The highest BCUT2D eigenvalue weighted by Gasteiger charge is 2.25. The predicted molar refractivity (Wildman–Crippen MR) is 66.5 cm³/mol. The van der Waals surface area contributed by atoms with Crippen LogP contribution in [0.1, 0.15) is 33.1 Å². The van der Waals surface area contributed by atoms with Gasteiger partial charge >= 0.3 is 0 Å². The average Bonchev–Trinajstić information content (AvgIpc) is 2.30. The van der Waals surface area contributed by atoms with E-state index in [2.05, 4.69) is 34.1 Å². The summed E-state index contributed by atoms with van der Waals surface area (Å²) in [5.74, 6) is 0.0127. The van der Waals surface area contributed by atoms with E-state index in [0.29, 0.717) is 31.7 Å². The number of azide groups is 1. The van der Waals surface area contributed by atoms with E-state index in [1.807, 2.05) is 0 Å². The van der Waals surface area contributed by atoms with E-state index in [4.69, 9.17) is 5.53 Å². The molecule has 0 aromatic carbocycles. The van der Waals surface area contributed by atoms with Crippen LogP contribution < -0.4 is 5.32 Å². The third-order valence-electron chi connectivity index (χ3n) is 3.30. The van der Waals surface area contributed by atoms with Crippen molar-refractivity contribution in [1.82, 2.24) is 10.2 Å². The molecule has 1 amide bonds. The zero-order valence-corrected chi connectivity index (χ0v) is 10.6. The first kappa shape index (κ1) is 13.8. The maximum absolute atomic E-state index is 11.7. The summed E-state index contributed by atoms with van der Waals surface area (Å²) in [4.78, 5) is 16.6. The van der Waals surface area contributed by atoms with E-state index in [9.17, 15) is 4.79 Å². The minimum Gasteiger partial charge on any atom is -0.355 e. The predicted octanol–water partition coefficient (Wildman–Crippen LogP) is 1.68. The van der Waals surface area contributed by atoms with Gasteiger partial charge in [-0.15, -0.1) is 0 Å². The van der Waals surface area contributed by atoms with Gasteiger partial charge in [-0.25, -0.2) is 0 Å². The Morgan fingerprint density at radius 2 is 2.12 bits per heavy atom. The molecule has 2 atom stereocenters. The Bertz CT molecular complexity index is 290. The minimum atomic E-state index is 0.0127. The molecule has 1 aliphatic rings. The summed E-state index contributed by atoms with van der Waals surface area (Å²) >= 11 is 0. The monoisotopic (exact) mass is 239 g/mol. The van der Waals surface area contributed by atoms with Crippen LogP contribution in [-0.4, -0.2) is 42.5 Å². The Balaban J connectivity index is 2.30. The smallest absolute Gasteiger partial charge is 0.234 e. The van der Waals surface area contributed by atoms with Crippen LogP contribution >= 0.6 is 0 Å². The van der Waals surface area contributed by atoms with Gasteiger partial charge in [-0.3, -0.25) is 9.69 Å². The van der Waals surface area contributed by atoms with Crippen molar-refractivity contribution in [2.45, 2.75) is 45.2 Å². The Labute approximate surface area is 102 Å². The normalized spacial score (nSPS) is 25.1. The summed E-state index contributed by atoms with van der Waals surface area (Å²) < 4.78 is 0. The fourth-order valence-corrected chi connectivity index (χ4v) is 2.30. The van der Waals surface area contributed by atoms with Crippen LogP contribution in [-0.2, 0) is 4.79 Å². The van der Waals surface area contributed by atoms with Gasteiger partial charge in [-0.2, -0.15) is 0 Å². The fourth-order valence-electron chi connectivity index (χ4n) is 2.30. The molecule has 0 spiro atoms. The summed E-state index contributed by atoms with van der Waals surface area (Å²) in [5.41, 5.74) is 8.10. The van der Waals surface area contributed by atoms with Gasteiger partial charge in [0.2, 0.25) is 5.91 Å². The first-order valence-electron chi connectivity index (χ1n) is 6.18. The van der Waals surface area contributed by atoms with Crippen LogP contribution in [0.3, 0.4) is 0 Å². The summed E-state index contributed by atoms with van der Waals surface area (Å²) in [5, 5.41) is 6.13. The average molecular weight is 239 g/mol. The highest BCUT2D eigenvalue weighted by molar-refractivity contribution is 5.78. The number of carbonyl (C=O) groups is 1. The molecule has 0 radical (unpaired) electrons. The van der Waals surface area contributed by atoms with Crippen LogP contribution in [0.4, 0.5) is 0 Å². The molecule has 0 aromatic rings. The molecule has 17 heavy (non-hydrogen) atoms. The number of hydrogen-bond acceptors (Lipinski definition) is 3. The molecular formula is C11H21N5O. The lowest BCUT2D eigenvalue weighted by atomic mass is 9.97. The van der Waals surface area contributed by atoms with Gasteiger partial charge in [0.1, 0.15) is 0 Å². The second-order valence-corrected chi connectivity index (χ2v) is 4.61. The summed E-state index contributed by atoms with van der Waals surface area (Å²) in [6, 6.07) is 0.947. The van der Waals surface area contributed by atoms with Crippen LogP contribution in [0.15, 0.2) is 5.11 Å². The number of piperidine rings is 1. The van der Waals surface area contributed by atoms with Crippen molar-refractivity contribution in [2.24, 2.45) is 5.11 Å². The number of hydrogen-bond donors (Lipinski definition) is 1. The molecule has 96 valence electrons. The SMILES string of the molecule is CC1CCCC(C)N1CC(=O)NCCN=[N+]=[N-]. The molecule has 2 unspecified atom stereocenters. The number of carbonyl (C=O) groups excluding carboxylic acids is 1. The van der Waals surface area contributed by atoms with Crippen LogP contribution in [0.25, 0.3) is 10.4 Å². The third-order valence-corrected chi connectivity index (χ3v) is 3.30.